The molecule has 19 heavy (non-hydrogen) atoms. The lowest BCUT2D eigenvalue weighted by atomic mass is 10.3. The molecule has 0 saturated carbocycles. The zero-order chi connectivity index (χ0) is 13.8. The molecule has 7 heteroatoms. The van der Waals surface area contributed by atoms with Crippen molar-refractivity contribution in [3.63, 3.8) is 0 Å². The van der Waals surface area contributed by atoms with Crippen LogP contribution in [0.2, 0.25) is 0 Å². The molecule has 0 aliphatic rings. The molecule has 0 aromatic carbocycles. The third kappa shape index (κ3) is 2.76. The first-order chi connectivity index (χ1) is 9.17. The maximum atomic E-state index is 5.19. The largest absolute Gasteiger partial charge is 0.383 e. The van der Waals surface area contributed by atoms with Gasteiger partial charge < -0.3 is 15.0 Å². The molecule has 2 heterocycles. The monoisotopic (exact) mass is 264 g/mol. The van der Waals surface area contributed by atoms with Crippen molar-refractivity contribution in [2.45, 2.75) is 19.9 Å². The van der Waals surface area contributed by atoms with Crippen molar-refractivity contribution in [3.8, 4) is 0 Å². The van der Waals surface area contributed by atoms with Crippen LogP contribution in [0.3, 0.4) is 0 Å². The number of aromatic amines is 1. The van der Waals surface area contributed by atoms with E-state index in [1.807, 2.05) is 14.0 Å². The highest BCUT2D eigenvalue weighted by Crippen LogP contribution is 2.24. The molecule has 2 aromatic heterocycles. The summed E-state index contributed by atoms with van der Waals surface area (Å²) < 4.78 is 5.19. The molecule has 0 radical (unpaired) electrons. The molecule has 0 aliphatic carbocycles. The fraction of sp³-hybridized carbons (Fsp3) is 0.583. The summed E-state index contributed by atoms with van der Waals surface area (Å²) in [6.45, 7) is 5.51. The second kappa shape index (κ2) is 5.83. The van der Waals surface area contributed by atoms with Crippen LogP contribution in [0.15, 0.2) is 6.20 Å². The van der Waals surface area contributed by atoms with E-state index in [0.717, 1.165) is 23.4 Å². The highest BCUT2D eigenvalue weighted by molar-refractivity contribution is 5.87. The van der Waals surface area contributed by atoms with Gasteiger partial charge in [0, 0.05) is 20.7 Å². The Morgan fingerprint density at radius 2 is 2.26 bits per heavy atom. The van der Waals surface area contributed by atoms with Gasteiger partial charge in [-0.1, -0.05) is 0 Å². The van der Waals surface area contributed by atoms with E-state index in [1.54, 1.807) is 13.3 Å². The third-order valence-corrected chi connectivity index (χ3v) is 3.03. The summed E-state index contributed by atoms with van der Waals surface area (Å²) in [5.74, 6) is 1.45. The number of likely N-dealkylation sites (N-methyl/N-ethyl adjacent to an activating group) is 1. The van der Waals surface area contributed by atoms with Gasteiger partial charge in [-0.2, -0.15) is 15.1 Å². The Kier molecular flexibility index (Phi) is 4.16. The van der Waals surface area contributed by atoms with Gasteiger partial charge in [0.15, 0.2) is 5.65 Å². The Labute approximate surface area is 112 Å². The van der Waals surface area contributed by atoms with Crippen molar-refractivity contribution in [2.24, 2.45) is 0 Å². The Bertz CT molecular complexity index is 540. The van der Waals surface area contributed by atoms with Gasteiger partial charge in [0.1, 0.15) is 5.82 Å². The lowest BCUT2D eigenvalue weighted by Crippen LogP contribution is -2.33. The number of fused-ring (bicyclic) bond motifs is 1. The van der Waals surface area contributed by atoms with Crippen molar-refractivity contribution in [1.29, 1.82) is 0 Å². The van der Waals surface area contributed by atoms with Crippen molar-refractivity contribution >= 4 is 22.8 Å². The fourth-order valence-corrected chi connectivity index (χ4v) is 1.89. The van der Waals surface area contributed by atoms with Crippen molar-refractivity contribution < 1.29 is 4.74 Å². The van der Waals surface area contributed by atoms with Crippen LogP contribution in [-0.4, -0.2) is 53.5 Å². The van der Waals surface area contributed by atoms with Gasteiger partial charge in [0.25, 0.3) is 0 Å². The lowest BCUT2D eigenvalue weighted by molar-refractivity contribution is 0.183. The maximum Gasteiger partial charge on any atom is 0.226 e. The van der Waals surface area contributed by atoms with Gasteiger partial charge in [-0.25, -0.2) is 0 Å². The number of nitrogens with zero attached hydrogens (tertiary/aromatic N) is 4. The molecule has 0 bridgehead atoms. The first kappa shape index (κ1) is 13.5. The summed E-state index contributed by atoms with van der Waals surface area (Å²) in [7, 11) is 3.69. The molecular weight excluding hydrogens is 244 g/mol. The lowest BCUT2D eigenvalue weighted by Gasteiger charge is -2.26. The van der Waals surface area contributed by atoms with E-state index in [2.05, 4.69) is 37.3 Å². The van der Waals surface area contributed by atoms with E-state index >= 15 is 0 Å². The van der Waals surface area contributed by atoms with E-state index in [1.165, 1.54) is 0 Å². The number of anilines is 2. The molecule has 2 N–H and O–H groups in total. The summed E-state index contributed by atoms with van der Waals surface area (Å²) in [6.07, 6.45) is 1.75. The van der Waals surface area contributed by atoms with E-state index < -0.39 is 0 Å². The topological polar surface area (TPSA) is 79.0 Å². The van der Waals surface area contributed by atoms with Crippen LogP contribution in [-0.2, 0) is 4.74 Å². The first-order valence-corrected chi connectivity index (χ1v) is 6.34. The number of rotatable bonds is 6. The number of hydrogen-bond acceptors (Lipinski definition) is 6. The molecule has 2 aromatic rings. The minimum absolute atomic E-state index is 0.215. The predicted octanol–water partition coefficient (Wildman–Crippen LogP) is 1.26. The SMILES string of the molecule is CCNc1nc(N(C)C(C)COC)c2cn[nH]c2n1. The predicted molar refractivity (Wildman–Crippen MR) is 75.6 cm³/mol. The zero-order valence-corrected chi connectivity index (χ0v) is 11.8. The van der Waals surface area contributed by atoms with E-state index in [4.69, 9.17) is 4.74 Å². The number of nitrogens with one attached hydrogen (secondary N) is 2. The highest BCUT2D eigenvalue weighted by Gasteiger charge is 2.17. The van der Waals surface area contributed by atoms with E-state index in [-0.39, 0.29) is 6.04 Å². The molecule has 2 rings (SSSR count). The van der Waals surface area contributed by atoms with Gasteiger partial charge in [0.05, 0.1) is 24.2 Å². The van der Waals surface area contributed by atoms with Crippen molar-refractivity contribution in [1.82, 2.24) is 20.2 Å². The normalized spacial score (nSPS) is 12.6. The molecule has 0 spiro atoms. The van der Waals surface area contributed by atoms with Crippen molar-refractivity contribution in [2.75, 3.05) is 37.5 Å². The minimum Gasteiger partial charge on any atom is -0.383 e. The standard InChI is InChI=1S/C12H20N6O/c1-5-13-12-15-10-9(6-14-17-10)11(16-12)18(3)8(2)7-19-4/h6,8H,5,7H2,1-4H3,(H2,13,14,15,16,17). The molecular formula is C12H20N6O. The van der Waals surface area contributed by atoms with Gasteiger partial charge in [0.2, 0.25) is 5.95 Å². The van der Waals surface area contributed by atoms with Crippen LogP contribution < -0.4 is 10.2 Å². The Hall–Kier alpha value is -1.89. The average molecular weight is 264 g/mol. The van der Waals surface area contributed by atoms with Crippen molar-refractivity contribution in [3.05, 3.63) is 6.20 Å². The van der Waals surface area contributed by atoms with Crippen LogP contribution >= 0.6 is 0 Å². The molecule has 1 atom stereocenters. The average Bonchev–Trinajstić information content (AvgIpc) is 2.85. The van der Waals surface area contributed by atoms with Crippen LogP contribution in [0.5, 0.6) is 0 Å². The smallest absolute Gasteiger partial charge is 0.226 e. The first-order valence-electron chi connectivity index (χ1n) is 6.34. The summed E-state index contributed by atoms with van der Waals surface area (Å²) >= 11 is 0. The molecule has 0 aliphatic heterocycles. The van der Waals surface area contributed by atoms with E-state index in [0.29, 0.717) is 12.6 Å². The van der Waals surface area contributed by atoms with Gasteiger partial charge >= 0.3 is 0 Å². The Morgan fingerprint density at radius 3 is 2.95 bits per heavy atom. The van der Waals surface area contributed by atoms with Crippen LogP contribution in [0, 0.1) is 0 Å². The summed E-state index contributed by atoms with van der Waals surface area (Å²) in [6, 6.07) is 0.215. The quantitative estimate of drug-likeness (QED) is 0.817. The number of hydrogen-bond donors (Lipinski definition) is 2. The van der Waals surface area contributed by atoms with Gasteiger partial charge in [-0.05, 0) is 13.8 Å². The van der Waals surface area contributed by atoms with Gasteiger partial charge in [-0.3, -0.25) is 5.10 Å². The molecule has 7 nitrogen and oxygen atoms in total. The Balaban J connectivity index is 2.41. The third-order valence-electron chi connectivity index (χ3n) is 3.03. The Morgan fingerprint density at radius 1 is 1.47 bits per heavy atom. The second-order valence-electron chi connectivity index (χ2n) is 4.45. The zero-order valence-electron chi connectivity index (χ0n) is 11.8. The second-order valence-corrected chi connectivity index (χ2v) is 4.45. The van der Waals surface area contributed by atoms with Crippen LogP contribution in [0.1, 0.15) is 13.8 Å². The highest BCUT2D eigenvalue weighted by atomic mass is 16.5. The fourth-order valence-electron chi connectivity index (χ4n) is 1.89. The number of methoxy groups -OCH3 is 1. The van der Waals surface area contributed by atoms with Crippen LogP contribution in [0.25, 0.3) is 11.0 Å². The molecule has 0 fully saturated rings. The maximum absolute atomic E-state index is 5.19. The number of aromatic nitrogens is 4. The minimum atomic E-state index is 0.215. The van der Waals surface area contributed by atoms with Crippen LogP contribution in [0.4, 0.5) is 11.8 Å². The molecule has 0 saturated heterocycles. The summed E-state index contributed by atoms with van der Waals surface area (Å²) in [5.41, 5.74) is 0.734. The summed E-state index contributed by atoms with van der Waals surface area (Å²) in [5, 5.41) is 11.0. The number of ether oxygens (including phenoxy) is 1. The molecule has 1 unspecified atom stereocenters. The van der Waals surface area contributed by atoms with E-state index in [9.17, 15) is 0 Å². The molecule has 104 valence electrons. The number of H-pyrrole nitrogens is 1. The molecule has 0 amide bonds. The summed E-state index contributed by atoms with van der Waals surface area (Å²) in [4.78, 5) is 11.0. The van der Waals surface area contributed by atoms with Gasteiger partial charge in [-0.15, -0.1) is 0 Å².